The maximum atomic E-state index is 12.8. The zero-order chi connectivity index (χ0) is 17.9. The van der Waals surface area contributed by atoms with E-state index in [1.807, 2.05) is 12.1 Å². The average molecular weight is 429 g/mol. The van der Waals surface area contributed by atoms with Gasteiger partial charge in [0.05, 0.1) is 5.56 Å². The molecule has 1 saturated heterocycles. The van der Waals surface area contributed by atoms with Crippen LogP contribution >= 0.6 is 24.8 Å². The summed E-state index contributed by atoms with van der Waals surface area (Å²) in [5.74, 6) is 2.12. The number of halogens is 2. The van der Waals surface area contributed by atoms with E-state index in [1.165, 1.54) is 44.9 Å². The van der Waals surface area contributed by atoms with Crippen LogP contribution in [0.4, 0.5) is 5.82 Å². The van der Waals surface area contributed by atoms with Crippen molar-refractivity contribution in [1.29, 1.82) is 0 Å². The Kier molecular flexibility index (Phi) is 8.84. The molecule has 3 fully saturated rings. The van der Waals surface area contributed by atoms with E-state index < -0.39 is 0 Å². The van der Waals surface area contributed by atoms with Crippen LogP contribution in [0.2, 0.25) is 0 Å². The van der Waals surface area contributed by atoms with Crippen molar-refractivity contribution in [3.05, 3.63) is 23.9 Å². The van der Waals surface area contributed by atoms with Gasteiger partial charge in [-0.2, -0.15) is 0 Å². The van der Waals surface area contributed by atoms with Crippen molar-refractivity contribution < 1.29 is 4.79 Å². The Morgan fingerprint density at radius 3 is 2.21 bits per heavy atom. The van der Waals surface area contributed by atoms with Gasteiger partial charge in [0.2, 0.25) is 0 Å². The van der Waals surface area contributed by atoms with Gasteiger partial charge in [0.15, 0.2) is 0 Å². The van der Waals surface area contributed by atoms with Gasteiger partial charge in [0.25, 0.3) is 5.91 Å². The maximum absolute atomic E-state index is 12.8. The molecule has 7 heteroatoms. The van der Waals surface area contributed by atoms with Crippen LogP contribution in [0.25, 0.3) is 0 Å². The number of aromatic nitrogens is 1. The molecule has 5 nitrogen and oxygen atoms in total. The highest BCUT2D eigenvalue weighted by atomic mass is 35.5. The highest BCUT2D eigenvalue weighted by molar-refractivity contribution is 5.94. The van der Waals surface area contributed by atoms with Gasteiger partial charge in [-0.15, -0.1) is 24.8 Å². The Morgan fingerprint density at radius 1 is 1.00 bits per heavy atom. The number of carbonyl (C=O) groups excluding carboxylic acids is 1. The molecule has 3 aliphatic rings. The molecule has 2 heterocycles. The summed E-state index contributed by atoms with van der Waals surface area (Å²) in [5.41, 5.74) is 6.88. The first kappa shape index (κ1) is 23.2. The molecular formula is C21H34Cl2N4O. The van der Waals surface area contributed by atoms with Crippen molar-refractivity contribution in [2.24, 2.45) is 17.6 Å². The smallest absolute Gasteiger partial charge is 0.253 e. The number of fused-ring (bicyclic) bond motifs is 2. The first-order valence-electron chi connectivity index (χ1n) is 10.5. The minimum atomic E-state index is 0. The second-order valence-electron chi connectivity index (χ2n) is 8.49. The van der Waals surface area contributed by atoms with Crippen molar-refractivity contribution in [3.8, 4) is 0 Å². The minimum Gasteiger partial charge on any atom is -0.357 e. The van der Waals surface area contributed by atoms with Gasteiger partial charge >= 0.3 is 0 Å². The third-order valence-electron chi connectivity index (χ3n) is 6.61. The third-order valence-corrected chi connectivity index (χ3v) is 6.61. The molecule has 1 amide bonds. The van der Waals surface area contributed by atoms with Gasteiger partial charge in [-0.05, 0) is 62.5 Å². The molecule has 2 unspecified atom stereocenters. The van der Waals surface area contributed by atoms with Gasteiger partial charge in [-0.3, -0.25) is 4.79 Å². The number of carbonyl (C=O) groups is 1. The van der Waals surface area contributed by atoms with Crippen molar-refractivity contribution in [2.75, 3.05) is 18.0 Å². The number of nitrogens with two attached hydrogens (primary N) is 1. The highest BCUT2D eigenvalue weighted by Gasteiger charge is 2.39. The Balaban J connectivity index is 0.00000140. The fraction of sp³-hybridized carbons (Fsp3) is 0.714. The molecule has 1 aromatic heterocycles. The van der Waals surface area contributed by atoms with Gasteiger partial charge in [-0.1, -0.05) is 19.3 Å². The average Bonchev–Trinajstić information content (AvgIpc) is 2.92. The molecule has 2 aliphatic carbocycles. The van der Waals surface area contributed by atoms with E-state index in [2.05, 4.69) is 15.2 Å². The second-order valence-corrected chi connectivity index (χ2v) is 8.49. The van der Waals surface area contributed by atoms with Gasteiger partial charge in [0.1, 0.15) is 5.82 Å². The van der Waals surface area contributed by atoms with Crippen LogP contribution in [-0.2, 0) is 0 Å². The van der Waals surface area contributed by atoms with Crippen LogP contribution in [0.3, 0.4) is 0 Å². The first-order valence-corrected chi connectivity index (χ1v) is 10.5. The summed E-state index contributed by atoms with van der Waals surface area (Å²) in [6.07, 6.45) is 12.6. The number of hydrogen-bond donors (Lipinski definition) is 2. The fourth-order valence-electron chi connectivity index (χ4n) is 5.27. The summed E-state index contributed by atoms with van der Waals surface area (Å²) in [5, 5.41) is 3.32. The molecule has 2 bridgehead atoms. The predicted octanol–water partition coefficient (Wildman–Crippen LogP) is 3.94. The Labute approximate surface area is 181 Å². The molecule has 1 aromatic rings. The summed E-state index contributed by atoms with van der Waals surface area (Å²) in [7, 11) is 0. The second kappa shape index (κ2) is 10.7. The van der Waals surface area contributed by atoms with Crippen LogP contribution in [0, 0.1) is 11.8 Å². The lowest BCUT2D eigenvalue weighted by atomic mass is 9.67. The fourth-order valence-corrected chi connectivity index (χ4v) is 5.27. The number of hydrogen-bond acceptors (Lipinski definition) is 4. The van der Waals surface area contributed by atoms with Gasteiger partial charge in [0, 0.05) is 31.4 Å². The SMILES string of the molecule is Cl.Cl.NC1CC2CCCC(C1)C2NC(=O)c1ccc(N2CCCCCC2)nc1. The lowest BCUT2D eigenvalue weighted by Gasteiger charge is -2.45. The normalized spacial score (nSPS) is 29.7. The van der Waals surface area contributed by atoms with Crippen molar-refractivity contribution in [2.45, 2.75) is 69.9 Å². The summed E-state index contributed by atoms with van der Waals surface area (Å²) >= 11 is 0. The predicted molar refractivity (Wildman–Crippen MR) is 119 cm³/mol. The summed E-state index contributed by atoms with van der Waals surface area (Å²) in [4.78, 5) is 19.7. The van der Waals surface area contributed by atoms with Gasteiger partial charge in [-0.25, -0.2) is 4.98 Å². The summed E-state index contributed by atoms with van der Waals surface area (Å²) in [6, 6.07) is 4.56. The van der Waals surface area contributed by atoms with Crippen LogP contribution in [0.5, 0.6) is 0 Å². The number of nitrogens with zero attached hydrogens (tertiary/aromatic N) is 2. The van der Waals surface area contributed by atoms with E-state index in [0.29, 0.717) is 29.5 Å². The molecule has 1 aliphatic heterocycles. The van der Waals surface area contributed by atoms with Crippen LogP contribution in [-0.4, -0.2) is 36.1 Å². The van der Waals surface area contributed by atoms with Crippen molar-refractivity contribution in [1.82, 2.24) is 10.3 Å². The van der Waals surface area contributed by atoms with E-state index >= 15 is 0 Å². The monoisotopic (exact) mass is 428 g/mol. The minimum absolute atomic E-state index is 0. The largest absolute Gasteiger partial charge is 0.357 e. The Hall–Kier alpha value is -1.04. The number of rotatable bonds is 3. The topological polar surface area (TPSA) is 71.2 Å². The number of nitrogens with one attached hydrogen (secondary N) is 1. The van der Waals surface area contributed by atoms with E-state index in [0.717, 1.165) is 31.7 Å². The molecule has 158 valence electrons. The molecule has 0 radical (unpaired) electrons. The number of amides is 1. The molecule has 28 heavy (non-hydrogen) atoms. The standard InChI is InChI=1S/C21H32N4O.2ClH/c22-18-12-15-6-5-7-16(13-18)20(15)24-21(26)17-8-9-19(23-14-17)25-10-3-1-2-4-11-25;;/h8-9,14-16,18,20H,1-7,10-13,22H2,(H,24,26);2*1H. The third kappa shape index (κ3) is 5.31. The summed E-state index contributed by atoms with van der Waals surface area (Å²) < 4.78 is 0. The van der Waals surface area contributed by atoms with Crippen LogP contribution in [0.15, 0.2) is 18.3 Å². The number of anilines is 1. The van der Waals surface area contributed by atoms with E-state index in [4.69, 9.17) is 5.73 Å². The number of pyridine rings is 1. The lowest BCUT2D eigenvalue weighted by Crippen LogP contribution is -2.53. The lowest BCUT2D eigenvalue weighted by molar-refractivity contribution is 0.0755. The molecule has 0 aromatic carbocycles. The van der Waals surface area contributed by atoms with Crippen molar-refractivity contribution in [3.63, 3.8) is 0 Å². The highest BCUT2D eigenvalue weighted by Crippen LogP contribution is 2.39. The molecule has 2 saturated carbocycles. The zero-order valence-corrected chi connectivity index (χ0v) is 18.1. The molecular weight excluding hydrogens is 395 g/mol. The van der Waals surface area contributed by atoms with E-state index in [9.17, 15) is 4.79 Å². The summed E-state index contributed by atoms with van der Waals surface area (Å²) in [6.45, 7) is 2.15. The Morgan fingerprint density at radius 2 is 1.64 bits per heavy atom. The maximum Gasteiger partial charge on any atom is 0.253 e. The quantitative estimate of drug-likeness (QED) is 0.764. The molecule has 0 spiro atoms. The first-order chi connectivity index (χ1) is 12.7. The van der Waals surface area contributed by atoms with Gasteiger partial charge < -0.3 is 16.0 Å². The van der Waals surface area contributed by atoms with Crippen LogP contribution < -0.4 is 16.0 Å². The zero-order valence-electron chi connectivity index (χ0n) is 16.5. The molecule has 3 N–H and O–H groups in total. The van der Waals surface area contributed by atoms with E-state index in [-0.39, 0.29) is 30.7 Å². The van der Waals surface area contributed by atoms with Crippen molar-refractivity contribution >= 4 is 36.5 Å². The van der Waals surface area contributed by atoms with Crippen LogP contribution in [0.1, 0.15) is 68.1 Å². The molecule has 4 rings (SSSR count). The Bertz CT molecular complexity index is 605. The molecule has 2 atom stereocenters. The van der Waals surface area contributed by atoms with E-state index in [1.54, 1.807) is 6.20 Å².